The van der Waals surface area contributed by atoms with Crippen molar-refractivity contribution >= 4 is 11.6 Å². The second-order valence-corrected chi connectivity index (χ2v) is 4.56. The summed E-state index contributed by atoms with van der Waals surface area (Å²) < 4.78 is 5.50. The molecule has 0 unspecified atom stereocenters. The van der Waals surface area contributed by atoms with E-state index in [1.54, 1.807) is 13.8 Å². The molecular weight excluding hydrogens is 262 g/mol. The molecule has 7 heteroatoms. The number of aryl methyl sites for hydroxylation is 2. The maximum Gasteiger partial charge on any atom is 0.311 e. The average Bonchev–Trinajstić information content (AvgIpc) is 2.39. The van der Waals surface area contributed by atoms with Crippen LogP contribution in [-0.4, -0.2) is 17.4 Å². The summed E-state index contributed by atoms with van der Waals surface area (Å²) in [6, 6.07) is 3.33. The van der Waals surface area contributed by atoms with Crippen LogP contribution in [0.5, 0.6) is 5.75 Å². The van der Waals surface area contributed by atoms with Gasteiger partial charge in [-0.3, -0.25) is 20.3 Å². The van der Waals surface area contributed by atoms with Gasteiger partial charge >= 0.3 is 5.69 Å². The number of hydrogen-bond acceptors (Lipinski definition) is 5. The van der Waals surface area contributed by atoms with Crippen molar-refractivity contribution in [2.75, 3.05) is 6.61 Å². The second kappa shape index (κ2) is 7.44. The number of benzene rings is 1. The van der Waals surface area contributed by atoms with E-state index in [4.69, 9.17) is 10.6 Å². The minimum absolute atomic E-state index is 0.0257. The fourth-order valence-corrected chi connectivity index (χ4v) is 1.89. The van der Waals surface area contributed by atoms with Gasteiger partial charge in [0.25, 0.3) is 0 Å². The highest BCUT2D eigenvalue weighted by Gasteiger charge is 2.18. The number of nitrogens with one attached hydrogen (secondary N) is 1. The minimum atomic E-state index is -0.447. The Balaban J connectivity index is 2.59. The molecule has 0 aliphatic heterocycles. The van der Waals surface area contributed by atoms with E-state index >= 15 is 0 Å². The zero-order chi connectivity index (χ0) is 15.1. The summed E-state index contributed by atoms with van der Waals surface area (Å²) in [6.07, 6.45) is 1.55. The standard InChI is InChI=1S/C13H19N3O4/c1-9-7-10(2)13(11(8-9)16(18)19)20-6-4-3-5-12(17)15-14/h7-8H,3-6,14H2,1-2H3,(H,15,17). The van der Waals surface area contributed by atoms with Crippen molar-refractivity contribution in [2.24, 2.45) is 5.84 Å². The number of hydrazine groups is 1. The minimum Gasteiger partial charge on any atom is -0.487 e. The highest BCUT2D eigenvalue weighted by Crippen LogP contribution is 2.32. The molecular formula is C13H19N3O4. The van der Waals surface area contributed by atoms with E-state index in [0.29, 0.717) is 31.6 Å². The molecule has 0 radical (unpaired) electrons. The first kappa shape index (κ1) is 15.9. The molecule has 0 saturated heterocycles. The maximum atomic E-state index is 11.0. The highest BCUT2D eigenvalue weighted by molar-refractivity contribution is 5.75. The Morgan fingerprint density at radius 2 is 2.10 bits per heavy atom. The summed E-state index contributed by atoms with van der Waals surface area (Å²) in [5, 5.41) is 11.0. The fraction of sp³-hybridized carbons (Fsp3) is 0.462. The second-order valence-electron chi connectivity index (χ2n) is 4.56. The van der Waals surface area contributed by atoms with Crippen LogP contribution in [0.15, 0.2) is 12.1 Å². The first-order valence-electron chi connectivity index (χ1n) is 6.33. The summed E-state index contributed by atoms with van der Waals surface area (Å²) in [7, 11) is 0. The number of carbonyl (C=O) groups excluding carboxylic acids is 1. The Hall–Kier alpha value is -2.15. The number of rotatable bonds is 7. The van der Waals surface area contributed by atoms with Crippen molar-refractivity contribution in [3.8, 4) is 5.75 Å². The summed E-state index contributed by atoms with van der Waals surface area (Å²) >= 11 is 0. The predicted molar refractivity (Wildman–Crippen MR) is 74.2 cm³/mol. The van der Waals surface area contributed by atoms with Gasteiger partial charge in [-0.05, 0) is 37.8 Å². The van der Waals surface area contributed by atoms with Crippen LogP contribution in [0.4, 0.5) is 5.69 Å². The van der Waals surface area contributed by atoms with E-state index in [1.807, 2.05) is 11.5 Å². The number of nitrogens with two attached hydrogens (primary N) is 1. The quantitative estimate of drug-likeness (QED) is 0.260. The van der Waals surface area contributed by atoms with Gasteiger partial charge in [-0.2, -0.15) is 0 Å². The van der Waals surface area contributed by atoms with Crippen molar-refractivity contribution in [3.63, 3.8) is 0 Å². The SMILES string of the molecule is Cc1cc(C)c(OCCCCC(=O)NN)c([N+](=O)[O-])c1. The van der Waals surface area contributed by atoms with Crippen LogP contribution in [0.25, 0.3) is 0 Å². The highest BCUT2D eigenvalue weighted by atomic mass is 16.6. The van der Waals surface area contributed by atoms with Crippen molar-refractivity contribution in [3.05, 3.63) is 33.4 Å². The first-order chi connectivity index (χ1) is 9.45. The first-order valence-corrected chi connectivity index (χ1v) is 6.33. The zero-order valence-electron chi connectivity index (χ0n) is 11.6. The lowest BCUT2D eigenvalue weighted by Crippen LogP contribution is -2.29. The number of nitro benzene ring substituents is 1. The van der Waals surface area contributed by atoms with Gasteiger partial charge in [0.1, 0.15) is 0 Å². The van der Waals surface area contributed by atoms with E-state index in [9.17, 15) is 14.9 Å². The van der Waals surface area contributed by atoms with Gasteiger partial charge in [-0.25, -0.2) is 5.84 Å². The molecule has 3 N–H and O–H groups in total. The Labute approximate surface area is 117 Å². The predicted octanol–water partition coefficient (Wildman–Crippen LogP) is 1.75. The molecule has 0 fully saturated rings. The number of carbonyl (C=O) groups is 1. The smallest absolute Gasteiger partial charge is 0.311 e. The van der Waals surface area contributed by atoms with E-state index < -0.39 is 4.92 Å². The van der Waals surface area contributed by atoms with Gasteiger partial charge in [0, 0.05) is 12.5 Å². The topological polar surface area (TPSA) is 107 Å². The molecule has 0 saturated carbocycles. The number of nitro groups is 1. The number of amides is 1. The summed E-state index contributed by atoms with van der Waals surface area (Å²) in [6.45, 7) is 3.90. The third-order valence-electron chi connectivity index (χ3n) is 2.80. The Kier molecular flexibility index (Phi) is 5.92. The molecule has 0 spiro atoms. The van der Waals surface area contributed by atoms with Gasteiger partial charge in [-0.15, -0.1) is 0 Å². The van der Waals surface area contributed by atoms with Gasteiger partial charge < -0.3 is 4.74 Å². The zero-order valence-corrected chi connectivity index (χ0v) is 11.6. The normalized spacial score (nSPS) is 10.2. The van der Waals surface area contributed by atoms with Gasteiger partial charge in [0.15, 0.2) is 5.75 Å². The van der Waals surface area contributed by atoms with E-state index in [0.717, 1.165) is 11.1 Å². The van der Waals surface area contributed by atoms with Gasteiger partial charge in [0.2, 0.25) is 5.91 Å². The van der Waals surface area contributed by atoms with Crippen molar-refractivity contribution in [1.29, 1.82) is 0 Å². The molecule has 0 bridgehead atoms. The molecule has 1 aromatic carbocycles. The number of hydrogen-bond donors (Lipinski definition) is 2. The van der Waals surface area contributed by atoms with Crippen LogP contribution in [0.2, 0.25) is 0 Å². The molecule has 110 valence electrons. The maximum absolute atomic E-state index is 11.0. The molecule has 1 rings (SSSR count). The number of unbranched alkanes of at least 4 members (excludes halogenated alkanes) is 1. The van der Waals surface area contributed by atoms with Crippen molar-refractivity contribution in [2.45, 2.75) is 33.1 Å². The van der Waals surface area contributed by atoms with Crippen LogP contribution in [0.1, 0.15) is 30.4 Å². The number of ether oxygens (including phenoxy) is 1. The third kappa shape index (κ3) is 4.51. The summed E-state index contributed by atoms with van der Waals surface area (Å²) in [4.78, 5) is 21.5. The molecule has 0 atom stereocenters. The van der Waals surface area contributed by atoms with Crippen molar-refractivity contribution in [1.82, 2.24) is 5.43 Å². The molecule has 1 aromatic rings. The Bertz CT molecular complexity index is 503. The van der Waals surface area contributed by atoms with Crippen LogP contribution in [0, 0.1) is 24.0 Å². The molecule has 20 heavy (non-hydrogen) atoms. The molecule has 7 nitrogen and oxygen atoms in total. The Morgan fingerprint density at radius 1 is 1.40 bits per heavy atom. The molecule has 0 aromatic heterocycles. The summed E-state index contributed by atoms with van der Waals surface area (Å²) in [5.41, 5.74) is 3.57. The molecule has 0 heterocycles. The fourth-order valence-electron chi connectivity index (χ4n) is 1.89. The lowest BCUT2D eigenvalue weighted by Gasteiger charge is -2.10. The third-order valence-corrected chi connectivity index (χ3v) is 2.80. The molecule has 0 aliphatic rings. The van der Waals surface area contributed by atoms with E-state index in [-0.39, 0.29) is 11.6 Å². The van der Waals surface area contributed by atoms with E-state index in [1.165, 1.54) is 6.07 Å². The van der Waals surface area contributed by atoms with Crippen molar-refractivity contribution < 1.29 is 14.5 Å². The lowest BCUT2D eigenvalue weighted by atomic mass is 10.1. The van der Waals surface area contributed by atoms with Crippen LogP contribution >= 0.6 is 0 Å². The van der Waals surface area contributed by atoms with E-state index in [2.05, 4.69) is 0 Å². The lowest BCUT2D eigenvalue weighted by molar-refractivity contribution is -0.386. The average molecular weight is 281 g/mol. The Morgan fingerprint density at radius 3 is 2.70 bits per heavy atom. The van der Waals surface area contributed by atoms with Gasteiger partial charge in [0.05, 0.1) is 11.5 Å². The summed E-state index contributed by atoms with van der Waals surface area (Å²) in [5.74, 6) is 5.02. The van der Waals surface area contributed by atoms with Crippen LogP contribution < -0.4 is 16.0 Å². The molecule has 1 amide bonds. The van der Waals surface area contributed by atoms with Crippen LogP contribution in [-0.2, 0) is 4.79 Å². The van der Waals surface area contributed by atoms with Crippen LogP contribution in [0.3, 0.4) is 0 Å². The molecule has 0 aliphatic carbocycles. The number of nitrogens with zero attached hydrogens (tertiary/aromatic N) is 1. The largest absolute Gasteiger partial charge is 0.487 e. The monoisotopic (exact) mass is 281 g/mol. The van der Waals surface area contributed by atoms with Gasteiger partial charge in [-0.1, -0.05) is 6.07 Å².